The molecule has 2 atom stereocenters. The lowest BCUT2D eigenvalue weighted by Gasteiger charge is -2.53. The van der Waals surface area contributed by atoms with Gasteiger partial charge in [0, 0.05) is 54.3 Å². The number of ether oxygens (including phenoxy) is 3. The van der Waals surface area contributed by atoms with Gasteiger partial charge in [-0.1, -0.05) is 18.4 Å². The fourth-order valence-corrected chi connectivity index (χ4v) is 10.1. The third-order valence-electron chi connectivity index (χ3n) is 12.8. The number of fused-ring (bicyclic) bond motifs is 3. The summed E-state index contributed by atoms with van der Waals surface area (Å²) >= 11 is 0. The zero-order valence-corrected chi connectivity index (χ0v) is 29.5. The molecule has 52 heavy (non-hydrogen) atoms. The first-order valence-electron chi connectivity index (χ1n) is 19.0. The van der Waals surface area contributed by atoms with Crippen molar-refractivity contribution in [2.75, 3.05) is 51.0 Å². The first-order valence-corrected chi connectivity index (χ1v) is 19.0. The van der Waals surface area contributed by atoms with Gasteiger partial charge in [-0.15, -0.1) is 6.42 Å². The fourth-order valence-electron chi connectivity index (χ4n) is 10.1. The number of phenols is 1. The quantitative estimate of drug-likeness (QED) is 0.210. The van der Waals surface area contributed by atoms with Gasteiger partial charge in [0.1, 0.15) is 28.6 Å². The zero-order valence-electron chi connectivity index (χ0n) is 29.5. The van der Waals surface area contributed by atoms with Crippen LogP contribution in [0.5, 0.6) is 11.8 Å². The molecule has 9 rings (SSSR count). The number of aromatic nitrogens is 3. The predicted octanol–water partition coefficient (Wildman–Crippen LogP) is 7.15. The van der Waals surface area contributed by atoms with Crippen LogP contribution < -0.4 is 9.64 Å². The van der Waals surface area contributed by atoms with E-state index in [0.29, 0.717) is 67.0 Å². The highest BCUT2D eigenvalue weighted by molar-refractivity contribution is 6.03. The van der Waals surface area contributed by atoms with Gasteiger partial charge in [0.05, 0.1) is 36.4 Å². The Kier molecular flexibility index (Phi) is 8.68. The van der Waals surface area contributed by atoms with Gasteiger partial charge in [-0.3, -0.25) is 9.88 Å². The van der Waals surface area contributed by atoms with E-state index in [9.17, 15) is 9.50 Å². The second kappa shape index (κ2) is 13.4. The van der Waals surface area contributed by atoms with Crippen molar-refractivity contribution in [3.63, 3.8) is 0 Å². The maximum absolute atomic E-state index is 17.0. The molecule has 3 aliphatic heterocycles. The third kappa shape index (κ3) is 5.74. The summed E-state index contributed by atoms with van der Waals surface area (Å²) in [6.45, 7) is 4.88. The van der Waals surface area contributed by atoms with Gasteiger partial charge < -0.3 is 24.2 Å². The standard InChI is InChI=1S/C41H45F2N5O4/c1-2-29-32(42)8-7-26-22-28(49)23-30(34(26)29)36-35(43)37-31(24-44-36)38(47-16-5-19-50-21-18-47)46-39(45-37)51-25-40-11-3-6-33(40)48(17-4-12-40)27-9-13-41(14-10-27)15-20-52-41/h1,7-8,22-24,27,33,49H,3-6,9-21,25H2. The number of pyridine rings is 1. The minimum atomic E-state index is -0.720. The number of phenolic OH excluding ortho intramolecular Hbond substituents is 1. The molecular weight excluding hydrogens is 664 g/mol. The molecule has 2 saturated carbocycles. The molecule has 0 bridgehead atoms. The van der Waals surface area contributed by atoms with Crippen molar-refractivity contribution in [3.05, 3.63) is 47.7 Å². The molecule has 0 amide bonds. The van der Waals surface area contributed by atoms with Gasteiger partial charge in [0.2, 0.25) is 0 Å². The zero-order chi connectivity index (χ0) is 35.5. The lowest BCUT2D eigenvalue weighted by molar-refractivity contribution is -0.175. The van der Waals surface area contributed by atoms with Crippen LogP contribution >= 0.6 is 0 Å². The van der Waals surface area contributed by atoms with E-state index in [0.717, 1.165) is 64.5 Å². The van der Waals surface area contributed by atoms with Crippen molar-refractivity contribution in [3.8, 4) is 35.4 Å². The van der Waals surface area contributed by atoms with Gasteiger partial charge in [0.25, 0.3) is 0 Å². The van der Waals surface area contributed by atoms with Gasteiger partial charge >= 0.3 is 6.01 Å². The van der Waals surface area contributed by atoms with Gasteiger partial charge in [0.15, 0.2) is 5.82 Å². The Balaban J connectivity index is 1.08. The number of benzene rings is 2. The normalized spacial score (nSPS) is 28.1. The van der Waals surface area contributed by atoms with Crippen LogP contribution in [-0.2, 0) is 9.47 Å². The summed E-state index contributed by atoms with van der Waals surface area (Å²) < 4.78 is 50.4. The average Bonchev–Trinajstić information content (AvgIpc) is 3.40. The summed E-state index contributed by atoms with van der Waals surface area (Å²) in [5.41, 5.74) is 0.232. The minimum Gasteiger partial charge on any atom is -0.508 e. The number of aromatic hydroxyl groups is 1. The Morgan fingerprint density at radius 1 is 0.962 bits per heavy atom. The lowest BCUT2D eigenvalue weighted by Crippen LogP contribution is -2.58. The molecule has 3 saturated heterocycles. The smallest absolute Gasteiger partial charge is 0.319 e. The SMILES string of the molecule is C#Cc1c(F)ccc2cc(O)cc(-c3ncc4c(N5CCCOCC5)nc(OCC56CCCC5N(C5CCC7(CCO7)CC5)CCC6)nc4c3F)c12. The van der Waals surface area contributed by atoms with Crippen LogP contribution in [0.15, 0.2) is 30.5 Å². The summed E-state index contributed by atoms with van der Waals surface area (Å²) in [4.78, 5) is 19.1. The monoisotopic (exact) mass is 709 g/mol. The third-order valence-corrected chi connectivity index (χ3v) is 12.8. The summed E-state index contributed by atoms with van der Waals surface area (Å²) in [5.74, 6) is 1.50. The second-order valence-electron chi connectivity index (χ2n) is 15.5. The number of terminal acetylenes is 1. The maximum atomic E-state index is 17.0. The van der Waals surface area contributed by atoms with Gasteiger partial charge in [-0.25, -0.2) is 8.78 Å². The summed E-state index contributed by atoms with van der Waals surface area (Å²) in [7, 11) is 0. The first-order chi connectivity index (χ1) is 25.4. The van der Waals surface area contributed by atoms with Crippen molar-refractivity contribution in [2.24, 2.45) is 5.41 Å². The highest BCUT2D eigenvalue weighted by atomic mass is 19.1. The molecule has 5 aliphatic rings. The molecule has 272 valence electrons. The van der Waals surface area contributed by atoms with E-state index in [1.54, 1.807) is 6.20 Å². The highest BCUT2D eigenvalue weighted by Crippen LogP contribution is 2.51. The van der Waals surface area contributed by atoms with E-state index in [-0.39, 0.29) is 45.1 Å². The molecule has 2 aromatic heterocycles. The van der Waals surface area contributed by atoms with Crippen LogP contribution in [0.3, 0.4) is 0 Å². The Hall–Kier alpha value is -4.11. The maximum Gasteiger partial charge on any atom is 0.319 e. The molecule has 2 aliphatic carbocycles. The van der Waals surface area contributed by atoms with Crippen LogP contribution in [0.2, 0.25) is 0 Å². The van der Waals surface area contributed by atoms with E-state index < -0.39 is 11.6 Å². The number of halogens is 2. The molecule has 0 radical (unpaired) electrons. The van der Waals surface area contributed by atoms with Crippen molar-refractivity contribution in [1.29, 1.82) is 0 Å². The first kappa shape index (κ1) is 33.7. The topological polar surface area (TPSA) is 93.1 Å². The van der Waals surface area contributed by atoms with Crippen molar-refractivity contribution in [2.45, 2.75) is 88.3 Å². The van der Waals surface area contributed by atoms with Crippen molar-refractivity contribution < 1.29 is 28.1 Å². The van der Waals surface area contributed by atoms with E-state index >= 15 is 4.39 Å². The fraction of sp³-hybridized carbons (Fsp3) is 0.537. The Morgan fingerprint density at radius 3 is 2.62 bits per heavy atom. The highest BCUT2D eigenvalue weighted by Gasteiger charge is 2.51. The largest absolute Gasteiger partial charge is 0.508 e. The molecule has 5 fully saturated rings. The van der Waals surface area contributed by atoms with Crippen LogP contribution in [-0.4, -0.2) is 88.7 Å². The number of hydrogen-bond donors (Lipinski definition) is 1. The van der Waals surface area contributed by atoms with Gasteiger partial charge in [-0.05, 0) is 94.3 Å². The number of likely N-dealkylation sites (tertiary alicyclic amines) is 1. The van der Waals surface area contributed by atoms with Crippen LogP contribution in [0.4, 0.5) is 14.6 Å². The number of piperidine rings is 1. The molecular formula is C41H45F2N5O4. The van der Waals surface area contributed by atoms with Crippen LogP contribution in [0.25, 0.3) is 32.9 Å². The molecule has 1 N–H and O–H groups in total. The number of hydrogen-bond acceptors (Lipinski definition) is 9. The molecule has 2 aromatic carbocycles. The molecule has 11 heteroatoms. The Labute approximate surface area is 302 Å². The predicted molar refractivity (Wildman–Crippen MR) is 195 cm³/mol. The van der Waals surface area contributed by atoms with Crippen molar-refractivity contribution in [1.82, 2.24) is 19.9 Å². The Bertz CT molecular complexity index is 2050. The average molecular weight is 710 g/mol. The van der Waals surface area contributed by atoms with E-state index in [2.05, 4.69) is 20.7 Å². The Morgan fingerprint density at radius 2 is 1.81 bits per heavy atom. The molecule has 5 heterocycles. The number of rotatable bonds is 6. The van der Waals surface area contributed by atoms with E-state index in [4.69, 9.17) is 30.6 Å². The summed E-state index contributed by atoms with van der Waals surface area (Å²) in [5, 5.41) is 11.8. The number of nitrogens with zero attached hydrogens (tertiary/aromatic N) is 5. The van der Waals surface area contributed by atoms with Crippen molar-refractivity contribution >= 4 is 27.5 Å². The number of anilines is 1. The molecule has 1 spiro atoms. The van der Waals surface area contributed by atoms with Crippen LogP contribution in [0.1, 0.15) is 76.2 Å². The summed E-state index contributed by atoms with van der Waals surface area (Å²) in [6.07, 6.45) is 19.6. The molecule has 9 nitrogen and oxygen atoms in total. The molecule has 4 aromatic rings. The molecule has 2 unspecified atom stereocenters. The lowest BCUT2D eigenvalue weighted by atomic mass is 9.72. The van der Waals surface area contributed by atoms with Crippen LogP contribution in [0, 0.1) is 29.4 Å². The van der Waals surface area contributed by atoms with E-state index in [1.165, 1.54) is 43.5 Å². The minimum absolute atomic E-state index is 0.0204. The second-order valence-corrected chi connectivity index (χ2v) is 15.5. The summed E-state index contributed by atoms with van der Waals surface area (Å²) in [6, 6.07) is 6.72. The van der Waals surface area contributed by atoms with Gasteiger partial charge in [-0.2, -0.15) is 9.97 Å². The van der Waals surface area contributed by atoms with E-state index in [1.807, 2.05) is 0 Å².